The number of rotatable bonds is 5. The molecule has 4 aliphatic rings. The highest BCUT2D eigenvalue weighted by Crippen LogP contribution is 2.36. The van der Waals surface area contributed by atoms with Gasteiger partial charge >= 0.3 is 6.18 Å². The van der Waals surface area contributed by atoms with Crippen molar-refractivity contribution in [2.24, 2.45) is 10.9 Å². The molecule has 0 saturated carbocycles. The Bertz CT molecular complexity index is 1430. The number of nitrogens with zero attached hydrogens (tertiary/aromatic N) is 4. The molecule has 6 nitrogen and oxygen atoms in total. The molecule has 2 aromatic rings. The Labute approximate surface area is 233 Å². The standard InChI is InChI=1S/C28H27ClF3N5OS/c29-19-6-4-5-17(13-19)16-39-27-35-22-11-12-36(15-21(22)25(38)37(27)20-7-2-1-3-8-20)26-33-23-10-9-18(28(30,31)32)14-24(23)34-26/h1-7,9-10,14,19-21,27H,8,11-13,15-16H2,(H,33,34). The molecule has 4 unspecified atom stereocenters. The van der Waals surface area contributed by atoms with E-state index in [1.165, 1.54) is 11.6 Å². The summed E-state index contributed by atoms with van der Waals surface area (Å²) in [5.41, 5.74) is 1.82. The summed E-state index contributed by atoms with van der Waals surface area (Å²) in [6.07, 6.45) is 11.8. The number of fused-ring (bicyclic) bond motifs is 2. The molecule has 0 spiro atoms. The van der Waals surface area contributed by atoms with E-state index in [9.17, 15) is 18.0 Å². The fourth-order valence-electron chi connectivity index (χ4n) is 5.43. The number of allylic oxidation sites excluding steroid dienone is 5. The van der Waals surface area contributed by atoms with Crippen LogP contribution >= 0.6 is 23.4 Å². The topological polar surface area (TPSA) is 64.6 Å². The number of piperidine rings is 1. The number of thioether (sulfide) groups is 1. The number of benzene rings is 1. The minimum Gasteiger partial charge on any atom is -0.341 e. The van der Waals surface area contributed by atoms with Gasteiger partial charge in [0, 0.05) is 31.0 Å². The predicted molar refractivity (Wildman–Crippen MR) is 150 cm³/mol. The van der Waals surface area contributed by atoms with Crippen molar-refractivity contribution in [3.8, 4) is 0 Å². The van der Waals surface area contributed by atoms with E-state index in [2.05, 4.69) is 22.1 Å². The number of alkyl halides is 4. The van der Waals surface area contributed by atoms with Gasteiger partial charge in [0.1, 0.15) is 0 Å². The zero-order chi connectivity index (χ0) is 27.1. The van der Waals surface area contributed by atoms with E-state index in [4.69, 9.17) is 16.6 Å². The Morgan fingerprint density at radius 2 is 2.05 bits per heavy atom. The summed E-state index contributed by atoms with van der Waals surface area (Å²) < 4.78 is 39.5. The van der Waals surface area contributed by atoms with Crippen LogP contribution in [0.2, 0.25) is 0 Å². The van der Waals surface area contributed by atoms with Gasteiger partial charge in [0.2, 0.25) is 11.9 Å². The van der Waals surface area contributed by atoms with E-state index in [1.807, 2.05) is 40.2 Å². The van der Waals surface area contributed by atoms with Gasteiger partial charge in [-0.1, -0.05) is 48.1 Å². The number of imidazole rings is 1. The molecular formula is C28H27ClF3N5OS. The van der Waals surface area contributed by atoms with Gasteiger partial charge in [-0.15, -0.1) is 23.4 Å². The number of aromatic amines is 1. The first-order valence-electron chi connectivity index (χ1n) is 12.9. The van der Waals surface area contributed by atoms with Crippen LogP contribution in [0.4, 0.5) is 19.1 Å². The predicted octanol–water partition coefficient (Wildman–Crippen LogP) is 6.09. The molecule has 204 valence electrons. The van der Waals surface area contributed by atoms with Gasteiger partial charge in [-0.3, -0.25) is 9.79 Å². The van der Waals surface area contributed by atoms with E-state index in [1.54, 1.807) is 11.8 Å². The summed E-state index contributed by atoms with van der Waals surface area (Å²) in [5, 5.41) is -0.0144. The highest BCUT2D eigenvalue weighted by atomic mass is 35.5. The summed E-state index contributed by atoms with van der Waals surface area (Å²) in [4.78, 5) is 30.5. The summed E-state index contributed by atoms with van der Waals surface area (Å²) in [6.45, 7) is 0.940. The Morgan fingerprint density at radius 3 is 2.82 bits per heavy atom. The highest BCUT2D eigenvalue weighted by Gasteiger charge is 2.43. The average molecular weight is 574 g/mol. The number of amides is 1. The van der Waals surface area contributed by atoms with Crippen molar-refractivity contribution in [3.05, 3.63) is 71.9 Å². The largest absolute Gasteiger partial charge is 0.416 e. The Balaban J connectivity index is 1.24. The van der Waals surface area contributed by atoms with E-state index in [0.717, 1.165) is 36.4 Å². The van der Waals surface area contributed by atoms with Crippen LogP contribution in [0.15, 0.2) is 71.3 Å². The number of aliphatic imine (C=N–C) groups is 1. The first-order chi connectivity index (χ1) is 18.8. The number of hydrogen-bond acceptors (Lipinski definition) is 5. The van der Waals surface area contributed by atoms with E-state index in [-0.39, 0.29) is 22.8 Å². The monoisotopic (exact) mass is 573 g/mol. The second kappa shape index (κ2) is 10.5. The van der Waals surface area contributed by atoms with Gasteiger partial charge in [-0.05, 0) is 31.0 Å². The second-order valence-electron chi connectivity index (χ2n) is 10.1. The van der Waals surface area contributed by atoms with Gasteiger partial charge in [0.25, 0.3) is 0 Å². The third-order valence-electron chi connectivity index (χ3n) is 7.45. The number of aromatic nitrogens is 2. The minimum atomic E-state index is -4.43. The molecule has 0 bridgehead atoms. The molecule has 39 heavy (non-hydrogen) atoms. The van der Waals surface area contributed by atoms with Crippen LogP contribution in [0.3, 0.4) is 0 Å². The van der Waals surface area contributed by atoms with Crippen LogP contribution in [-0.2, 0) is 11.0 Å². The van der Waals surface area contributed by atoms with Crippen molar-refractivity contribution in [3.63, 3.8) is 0 Å². The number of halogens is 4. The molecule has 0 radical (unpaired) electrons. The van der Waals surface area contributed by atoms with Crippen molar-refractivity contribution >= 4 is 52.0 Å². The first-order valence-corrected chi connectivity index (χ1v) is 14.4. The molecule has 3 heterocycles. The summed E-state index contributed by atoms with van der Waals surface area (Å²) in [7, 11) is 0. The summed E-state index contributed by atoms with van der Waals surface area (Å²) in [6, 6.07) is 3.39. The summed E-state index contributed by atoms with van der Waals surface area (Å²) >= 11 is 7.95. The fourth-order valence-corrected chi connectivity index (χ4v) is 6.92. The number of hydrogen-bond donors (Lipinski definition) is 1. The smallest absolute Gasteiger partial charge is 0.341 e. The van der Waals surface area contributed by atoms with Crippen molar-refractivity contribution in [2.45, 2.75) is 42.4 Å². The zero-order valence-electron chi connectivity index (χ0n) is 20.9. The van der Waals surface area contributed by atoms with Crippen LogP contribution in [0.5, 0.6) is 0 Å². The maximum Gasteiger partial charge on any atom is 0.416 e. The van der Waals surface area contributed by atoms with Crippen LogP contribution in [0.1, 0.15) is 24.8 Å². The van der Waals surface area contributed by atoms with Gasteiger partial charge in [0.05, 0.1) is 33.9 Å². The third-order valence-corrected chi connectivity index (χ3v) is 8.92. The van der Waals surface area contributed by atoms with Crippen molar-refractivity contribution in [1.29, 1.82) is 0 Å². The van der Waals surface area contributed by atoms with E-state index < -0.39 is 17.7 Å². The molecule has 2 aliphatic heterocycles. The van der Waals surface area contributed by atoms with E-state index >= 15 is 0 Å². The molecule has 1 saturated heterocycles. The lowest BCUT2D eigenvalue weighted by Gasteiger charge is -2.44. The molecule has 11 heteroatoms. The Kier molecular flexibility index (Phi) is 7.09. The molecule has 2 aliphatic carbocycles. The lowest BCUT2D eigenvalue weighted by molar-refractivity contribution is -0.137. The minimum absolute atomic E-state index is 0.0144. The second-order valence-corrected chi connectivity index (χ2v) is 11.7. The molecule has 1 aromatic heterocycles. The maximum atomic E-state index is 14.0. The molecule has 1 aromatic carbocycles. The zero-order valence-corrected chi connectivity index (χ0v) is 22.5. The molecular weight excluding hydrogens is 547 g/mol. The Morgan fingerprint density at radius 1 is 1.18 bits per heavy atom. The summed E-state index contributed by atoms with van der Waals surface area (Å²) in [5.74, 6) is 0.793. The van der Waals surface area contributed by atoms with Gasteiger partial charge in [0.15, 0.2) is 5.50 Å². The van der Waals surface area contributed by atoms with Gasteiger partial charge in [-0.2, -0.15) is 13.2 Å². The van der Waals surface area contributed by atoms with Crippen LogP contribution in [0.25, 0.3) is 11.0 Å². The first kappa shape index (κ1) is 26.3. The average Bonchev–Trinajstić information content (AvgIpc) is 3.36. The lowest BCUT2D eigenvalue weighted by atomic mass is 9.91. The SMILES string of the molecule is O=C1C2CN(c3nc4ccc(C(F)(F)F)cc4[nH]3)CCC2=NC(SCC2=CC=CC(Cl)C2)N1C1C=CC=CC1. The molecule has 6 rings (SSSR count). The number of H-pyrrole nitrogens is 1. The molecule has 4 atom stereocenters. The number of carbonyl (C=O) groups excluding carboxylic acids is 1. The van der Waals surface area contributed by atoms with Crippen molar-refractivity contribution < 1.29 is 18.0 Å². The van der Waals surface area contributed by atoms with Crippen molar-refractivity contribution in [2.75, 3.05) is 23.7 Å². The highest BCUT2D eigenvalue weighted by molar-refractivity contribution is 8.00. The number of carbonyl (C=O) groups is 1. The van der Waals surface area contributed by atoms with Crippen LogP contribution in [-0.4, -0.2) is 62.2 Å². The van der Waals surface area contributed by atoms with Gasteiger partial charge < -0.3 is 14.8 Å². The maximum absolute atomic E-state index is 14.0. The number of anilines is 1. The molecule has 1 fully saturated rings. The van der Waals surface area contributed by atoms with Gasteiger partial charge in [-0.25, -0.2) is 4.98 Å². The Hall–Kier alpha value is -2.98. The molecule has 1 N–H and O–H groups in total. The lowest BCUT2D eigenvalue weighted by Crippen LogP contribution is -2.57. The third kappa shape index (κ3) is 5.41. The number of nitrogens with one attached hydrogen (secondary N) is 1. The van der Waals surface area contributed by atoms with E-state index in [0.29, 0.717) is 36.5 Å². The molecule has 1 amide bonds. The quantitative estimate of drug-likeness (QED) is 0.440. The normalized spacial score (nSPS) is 27.1. The van der Waals surface area contributed by atoms with Crippen molar-refractivity contribution in [1.82, 2.24) is 14.9 Å². The van der Waals surface area contributed by atoms with Crippen LogP contribution < -0.4 is 4.90 Å². The van der Waals surface area contributed by atoms with Crippen LogP contribution in [0, 0.1) is 5.92 Å². The fraction of sp³-hybridized carbons (Fsp3) is 0.393.